The van der Waals surface area contributed by atoms with E-state index in [1.807, 2.05) is 0 Å². The summed E-state index contributed by atoms with van der Waals surface area (Å²) in [5.41, 5.74) is 0. The van der Waals surface area contributed by atoms with Crippen LogP contribution in [-0.4, -0.2) is 27.7 Å². The Bertz CT molecular complexity index is 60.0. The summed E-state index contributed by atoms with van der Waals surface area (Å²) in [5, 5.41) is 0. The van der Waals surface area contributed by atoms with Crippen molar-refractivity contribution in [2.24, 2.45) is 0 Å². The molecular weight excluding hydrogens is 297 g/mol. The van der Waals surface area contributed by atoms with Crippen LogP contribution in [-0.2, 0) is 41.2 Å². The largest absolute Gasteiger partial charge is 4.00 e. The van der Waals surface area contributed by atoms with E-state index >= 15 is 0 Å². The van der Waals surface area contributed by atoms with Crippen LogP contribution in [0, 0.1) is 0 Å². The molecule has 0 aromatic carbocycles. The van der Waals surface area contributed by atoms with Crippen molar-refractivity contribution in [3.05, 3.63) is 0 Å². The SMILES string of the molecule is [O-][Si]([O-])(O)O.[O-][Si]([O-])([O-])[O-].[Ti+4].[Zn+2]. The molecule has 0 saturated carbocycles. The van der Waals surface area contributed by atoms with Crippen molar-refractivity contribution in [1.82, 2.24) is 0 Å². The first-order valence-electron chi connectivity index (χ1n) is 1.67. The molecule has 0 unspecified atom stereocenters. The normalized spacial score (nSPS) is 10.0. The maximum absolute atomic E-state index is 8.80. The van der Waals surface area contributed by atoms with Crippen molar-refractivity contribution in [1.29, 1.82) is 0 Å². The first-order valence-corrected chi connectivity index (χ1v) is 5.02. The summed E-state index contributed by atoms with van der Waals surface area (Å²) in [6.45, 7) is 0. The average molecular weight is 299 g/mol. The molecule has 0 fully saturated rings. The first kappa shape index (κ1) is 23.3. The molecule has 12 heteroatoms. The predicted octanol–water partition coefficient (Wildman–Crippen LogP) is -9.01. The summed E-state index contributed by atoms with van der Waals surface area (Å²) in [5.74, 6) is 0. The van der Waals surface area contributed by atoms with E-state index < -0.39 is 18.1 Å². The van der Waals surface area contributed by atoms with Crippen LogP contribution in [0.2, 0.25) is 0 Å². The minimum Gasteiger partial charge on any atom is -0.894 e. The van der Waals surface area contributed by atoms with Crippen LogP contribution in [0.25, 0.3) is 0 Å². The molecule has 0 bridgehead atoms. The van der Waals surface area contributed by atoms with Crippen LogP contribution in [0.15, 0.2) is 0 Å². The van der Waals surface area contributed by atoms with E-state index in [4.69, 9.17) is 38.4 Å². The van der Waals surface area contributed by atoms with Gasteiger partial charge in [0.2, 0.25) is 0 Å². The molecule has 2 N–H and O–H groups in total. The topological polar surface area (TPSA) is 179 Å². The van der Waals surface area contributed by atoms with Gasteiger partial charge >= 0.3 is 41.2 Å². The van der Waals surface area contributed by atoms with Crippen LogP contribution in [0.4, 0.5) is 0 Å². The van der Waals surface area contributed by atoms with Gasteiger partial charge in [-0.05, 0) is 0 Å². The molecular formula is H2O8Si2TiZn. The summed E-state index contributed by atoms with van der Waals surface area (Å²) in [6, 6.07) is 0. The molecule has 0 atom stereocenters. The third kappa shape index (κ3) is 594. The monoisotopic (exact) mass is 298 g/mol. The van der Waals surface area contributed by atoms with Gasteiger partial charge in [-0.2, -0.15) is 0 Å². The van der Waals surface area contributed by atoms with Gasteiger partial charge in [-0.25, -0.2) is 0 Å². The Balaban J connectivity index is -0.0000000457. The standard InChI is InChI=1S/H2O4Si.O4Si.Ti.Zn/c2*1-5(2,3)4;;/h1-2H;;;/q-2;-4;+4;+2. The zero-order chi connectivity index (χ0) is 9.00. The molecule has 0 aromatic heterocycles. The molecule has 0 heterocycles. The van der Waals surface area contributed by atoms with Crippen LogP contribution >= 0.6 is 0 Å². The zero-order valence-corrected chi connectivity index (χ0v) is 12.1. The van der Waals surface area contributed by atoms with E-state index in [1.54, 1.807) is 0 Å². The molecule has 0 aliphatic rings. The van der Waals surface area contributed by atoms with Crippen LogP contribution in [0.3, 0.4) is 0 Å². The third-order valence-electron chi connectivity index (χ3n) is 0. The van der Waals surface area contributed by atoms with Gasteiger partial charge in [0.25, 0.3) is 0 Å². The second-order valence-electron chi connectivity index (χ2n) is 1.05. The van der Waals surface area contributed by atoms with Crippen molar-refractivity contribution in [3.63, 3.8) is 0 Å². The average Bonchev–Trinajstić information content (AvgIpc) is 1.12. The second kappa shape index (κ2) is 9.02. The van der Waals surface area contributed by atoms with Crippen LogP contribution in [0.5, 0.6) is 0 Å². The molecule has 0 aromatic rings. The van der Waals surface area contributed by atoms with E-state index in [2.05, 4.69) is 0 Å². The number of hydrogen-bond acceptors (Lipinski definition) is 8. The Morgan fingerprint density at radius 2 is 0.750 bits per heavy atom. The Kier molecular flexibility index (Phi) is 17.6. The zero-order valence-electron chi connectivity index (χ0n) is 5.55. The van der Waals surface area contributed by atoms with E-state index in [0.29, 0.717) is 0 Å². The number of hydrogen-bond donors (Lipinski definition) is 2. The molecule has 0 aliphatic carbocycles. The second-order valence-corrected chi connectivity index (χ2v) is 3.15. The minimum absolute atomic E-state index is 0. The van der Waals surface area contributed by atoms with Gasteiger partial charge in [0.1, 0.15) is 9.05 Å². The van der Waals surface area contributed by atoms with Gasteiger partial charge in [-0.3, -0.25) is 0 Å². The van der Waals surface area contributed by atoms with Crippen molar-refractivity contribution in [2.45, 2.75) is 0 Å². The van der Waals surface area contributed by atoms with E-state index in [9.17, 15) is 0 Å². The summed E-state index contributed by atoms with van der Waals surface area (Å²) < 4.78 is 0. The fourth-order valence-electron chi connectivity index (χ4n) is 0. The van der Waals surface area contributed by atoms with Crippen molar-refractivity contribution >= 4 is 18.1 Å². The van der Waals surface area contributed by atoms with Crippen molar-refractivity contribution in [3.8, 4) is 0 Å². The molecule has 0 radical (unpaired) electrons. The summed E-state index contributed by atoms with van der Waals surface area (Å²) in [4.78, 5) is 66.1. The van der Waals surface area contributed by atoms with E-state index in [-0.39, 0.29) is 41.2 Å². The Labute approximate surface area is 97.4 Å². The maximum Gasteiger partial charge on any atom is 4.00 e. The van der Waals surface area contributed by atoms with Gasteiger partial charge in [0.15, 0.2) is 0 Å². The van der Waals surface area contributed by atoms with Crippen molar-refractivity contribution < 1.29 is 79.6 Å². The minimum atomic E-state index is -5.61. The predicted molar refractivity (Wildman–Crippen MR) is 15.9 cm³/mol. The van der Waals surface area contributed by atoms with E-state index in [1.165, 1.54) is 0 Å². The summed E-state index contributed by atoms with van der Waals surface area (Å²) in [7, 11) is -10.7. The molecule has 12 heavy (non-hydrogen) atoms. The Hall–Kier alpha value is 1.45. The van der Waals surface area contributed by atoms with Crippen LogP contribution in [0.1, 0.15) is 0 Å². The van der Waals surface area contributed by atoms with Crippen LogP contribution < -0.4 is 28.8 Å². The Morgan fingerprint density at radius 1 is 0.750 bits per heavy atom. The fraction of sp³-hybridized carbons (Fsp3) is 0. The summed E-state index contributed by atoms with van der Waals surface area (Å²) in [6.07, 6.45) is 0. The van der Waals surface area contributed by atoms with Gasteiger partial charge in [0.05, 0.1) is 0 Å². The first-order chi connectivity index (χ1) is 4.00. The van der Waals surface area contributed by atoms with Gasteiger partial charge < -0.3 is 47.4 Å². The molecule has 8 nitrogen and oxygen atoms in total. The molecule has 0 saturated heterocycles. The number of rotatable bonds is 0. The molecule has 0 spiro atoms. The Morgan fingerprint density at radius 3 is 0.750 bits per heavy atom. The quantitative estimate of drug-likeness (QED) is 0.414. The van der Waals surface area contributed by atoms with Gasteiger partial charge in [-0.1, -0.05) is 0 Å². The molecule has 64 valence electrons. The van der Waals surface area contributed by atoms with E-state index in [0.717, 1.165) is 0 Å². The van der Waals surface area contributed by atoms with Gasteiger partial charge in [0, 0.05) is 0 Å². The maximum atomic E-state index is 8.80. The fourth-order valence-corrected chi connectivity index (χ4v) is 0. The molecule has 0 amide bonds. The summed E-state index contributed by atoms with van der Waals surface area (Å²) >= 11 is 0. The van der Waals surface area contributed by atoms with Crippen molar-refractivity contribution in [2.75, 3.05) is 0 Å². The van der Waals surface area contributed by atoms with Gasteiger partial charge in [-0.15, -0.1) is 0 Å². The smallest absolute Gasteiger partial charge is 0.894 e. The molecule has 0 rings (SSSR count). The third-order valence-corrected chi connectivity index (χ3v) is 0. The molecule has 0 aliphatic heterocycles.